The van der Waals surface area contributed by atoms with E-state index >= 15 is 0 Å². The van der Waals surface area contributed by atoms with Gasteiger partial charge in [0.15, 0.2) is 0 Å². The van der Waals surface area contributed by atoms with E-state index in [9.17, 15) is 9.59 Å². The van der Waals surface area contributed by atoms with Gasteiger partial charge < -0.3 is 20.1 Å². The van der Waals surface area contributed by atoms with Crippen LogP contribution in [0.25, 0.3) is 10.9 Å². The van der Waals surface area contributed by atoms with Crippen LogP contribution in [0.2, 0.25) is 0 Å². The molecule has 4 heterocycles. The molecule has 4 aromatic rings. The van der Waals surface area contributed by atoms with Crippen molar-refractivity contribution in [2.75, 3.05) is 32.7 Å². The number of piperidine rings is 1. The van der Waals surface area contributed by atoms with E-state index in [-0.39, 0.29) is 17.9 Å². The summed E-state index contributed by atoms with van der Waals surface area (Å²) in [6.07, 6.45) is 9.49. The van der Waals surface area contributed by atoms with E-state index in [2.05, 4.69) is 97.8 Å². The van der Waals surface area contributed by atoms with Crippen molar-refractivity contribution in [1.29, 1.82) is 0 Å². The highest BCUT2D eigenvalue weighted by molar-refractivity contribution is 6.00. The fourth-order valence-electron chi connectivity index (χ4n) is 8.14. The van der Waals surface area contributed by atoms with E-state index in [0.717, 1.165) is 68.6 Å². The normalized spacial score (nSPS) is 22.1. The van der Waals surface area contributed by atoms with Crippen LogP contribution < -0.4 is 5.32 Å². The highest BCUT2D eigenvalue weighted by Crippen LogP contribution is 2.38. The number of piperazine rings is 1. The van der Waals surface area contributed by atoms with Crippen LogP contribution in [-0.4, -0.2) is 81.8 Å². The number of aromatic amines is 1. The number of unbranched alkanes of at least 4 members (excludes halogenated alkanes) is 2. The molecule has 46 heavy (non-hydrogen) atoms. The first-order chi connectivity index (χ1) is 22.6. The minimum atomic E-state index is -0.773. The minimum Gasteiger partial charge on any atom is -0.361 e. The van der Waals surface area contributed by atoms with Crippen LogP contribution in [0.4, 0.5) is 0 Å². The second kappa shape index (κ2) is 13.8. The standard InChI is InChI=1S/C39H47N5O2/c45-37-36(26-32-27-40-35-18-10-9-17-34(32)35)41-38(46)39(44(37)33-19-23-43(29-33)28-31-15-6-2-7-16-31)20-24-42(25-21-39)22-11-3-8-14-30-12-4-1-5-13-30/h1-2,4-7,9-10,12-13,15-18,27,33,36,40H,3,8,11,14,19-26,28-29H2,(H,41,46). The Labute approximate surface area is 273 Å². The van der Waals surface area contributed by atoms with Crippen LogP contribution in [0, 0.1) is 0 Å². The van der Waals surface area contributed by atoms with Gasteiger partial charge in [-0.1, -0.05) is 85.3 Å². The van der Waals surface area contributed by atoms with Gasteiger partial charge in [0.05, 0.1) is 0 Å². The molecule has 7 rings (SSSR count). The Morgan fingerprint density at radius 2 is 1.48 bits per heavy atom. The summed E-state index contributed by atoms with van der Waals surface area (Å²) in [5.41, 5.74) is 4.05. The first kappa shape index (κ1) is 30.7. The number of amides is 2. The van der Waals surface area contributed by atoms with Crippen LogP contribution in [0.1, 0.15) is 55.2 Å². The number of H-pyrrole nitrogens is 1. The summed E-state index contributed by atoms with van der Waals surface area (Å²) >= 11 is 0. The van der Waals surface area contributed by atoms with Crippen LogP contribution >= 0.6 is 0 Å². The first-order valence-corrected chi connectivity index (χ1v) is 17.3. The lowest BCUT2D eigenvalue weighted by atomic mass is 9.79. The predicted octanol–water partition coefficient (Wildman–Crippen LogP) is 5.56. The van der Waals surface area contributed by atoms with E-state index in [1.165, 1.54) is 30.4 Å². The fraction of sp³-hybridized carbons (Fsp3) is 0.436. The molecule has 2 amide bonds. The van der Waals surface area contributed by atoms with Gasteiger partial charge in [-0.2, -0.15) is 0 Å². The molecule has 240 valence electrons. The van der Waals surface area contributed by atoms with Gasteiger partial charge in [0.1, 0.15) is 11.6 Å². The molecule has 3 aromatic carbocycles. The molecule has 2 N–H and O–H groups in total. The lowest BCUT2D eigenvalue weighted by molar-refractivity contribution is -0.164. The summed E-state index contributed by atoms with van der Waals surface area (Å²) in [5, 5.41) is 4.36. The number of hydrogen-bond acceptors (Lipinski definition) is 4. The van der Waals surface area contributed by atoms with Crippen LogP contribution in [0.15, 0.2) is 91.1 Å². The Hall–Kier alpha value is -3.94. The largest absolute Gasteiger partial charge is 0.361 e. The zero-order valence-electron chi connectivity index (χ0n) is 26.9. The number of benzene rings is 3. The third-order valence-electron chi connectivity index (χ3n) is 10.7. The van der Waals surface area contributed by atoms with Gasteiger partial charge in [0, 0.05) is 62.3 Å². The van der Waals surface area contributed by atoms with Gasteiger partial charge in [-0.05, 0) is 67.8 Å². The molecular formula is C39H47N5O2. The zero-order valence-corrected chi connectivity index (χ0v) is 26.9. The number of aryl methyl sites for hydroxylation is 1. The van der Waals surface area contributed by atoms with Crippen molar-refractivity contribution in [3.8, 4) is 0 Å². The first-order valence-electron chi connectivity index (χ1n) is 17.3. The Balaban J connectivity index is 1.04. The molecule has 3 fully saturated rings. The van der Waals surface area contributed by atoms with Crippen LogP contribution in [0.3, 0.4) is 0 Å². The summed E-state index contributed by atoms with van der Waals surface area (Å²) in [7, 11) is 0. The monoisotopic (exact) mass is 617 g/mol. The number of nitrogens with one attached hydrogen (secondary N) is 2. The molecular weight excluding hydrogens is 570 g/mol. The van der Waals surface area contributed by atoms with Crippen LogP contribution in [0.5, 0.6) is 0 Å². The molecule has 1 aromatic heterocycles. The van der Waals surface area contributed by atoms with Crippen molar-refractivity contribution in [1.82, 2.24) is 25.0 Å². The van der Waals surface area contributed by atoms with Crippen LogP contribution in [-0.2, 0) is 29.0 Å². The third-order valence-corrected chi connectivity index (χ3v) is 10.7. The van der Waals surface area contributed by atoms with E-state index in [1.807, 2.05) is 18.3 Å². The van der Waals surface area contributed by atoms with Crippen molar-refractivity contribution < 1.29 is 9.59 Å². The second-order valence-electron chi connectivity index (χ2n) is 13.6. The lowest BCUT2D eigenvalue weighted by Crippen LogP contribution is -2.75. The lowest BCUT2D eigenvalue weighted by Gasteiger charge is -2.53. The Morgan fingerprint density at radius 1 is 0.761 bits per heavy atom. The molecule has 3 aliphatic rings. The molecule has 0 radical (unpaired) electrons. The molecule has 7 heteroatoms. The number of carbonyl (C=O) groups excluding carboxylic acids is 2. The highest BCUT2D eigenvalue weighted by Gasteiger charge is 2.56. The van der Waals surface area contributed by atoms with Crippen molar-refractivity contribution in [3.63, 3.8) is 0 Å². The van der Waals surface area contributed by atoms with Gasteiger partial charge in [0.2, 0.25) is 11.8 Å². The number of likely N-dealkylation sites (tertiary alicyclic amines) is 2. The van der Waals surface area contributed by atoms with Gasteiger partial charge in [-0.3, -0.25) is 14.5 Å². The van der Waals surface area contributed by atoms with Gasteiger partial charge >= 0.3 is 0 Å². The Bertz CT molecular complexity index is 1610. The van der Waals surface area contributed by atoms with Gasteiger partial charge in [-0.15, -0.1) is 0 Å². The predicted molar refractivity (Wildman–Crippen MR) is 183 cm³/mol. The maximum Gasteiger partial charge on any atom is 0.246 e. The quantitative estimate of drug-likeness (QED) is 0.216. The number of para-hydroxylation sites is 1. The maximum absolute atomic E-state index is 14.6. The number of rotatable bonds is 11. The van der Waals surface area contributed by atoms with E-state index in [4.69, 9.17) is 0 Å². The zero-order chi connectivity index (χ0) is 31.3. The van der Waals surface area contributed by atoms with E-state index in [1.54, 1.807) is 0 Å². The van der Waals surface area contributed by atoms with Crippen molar-refractivity contribution >= 4 is 22.7 Å². The summed E-state index contributed by atoms with van der Waals surface area (Å²) < 4.78 is 0. The molecule has 0 saturated carbocycles. The third kappa shape index (κ3) is 6.49. The molecule has 0 aliphatic carbocycles. The number of carbonyl (C=O) groups is 2. The Kier molecular flexibility index (Phi) is 9.22. The maximum atomic E-state index is 14.6. The Morgan fingerprint density at radius 3 is 2.26 bits per heavy atom. The van der Waals surface area contributed by atoms with Crippen molar-refractivity contribution in [2.45, 2.75) is 75.5 Å². The molecule has 1 spiro atoms. The van der Waals surface area contributed by atoms with Crippen molar-refractivity contribution in [2.24, 2.45) is 0 Å². The number of nitrogens with zero attached hydrogens (tertiary/aromatic N) is 3. The average Bonchev–Trinajstić information content (AvgIpc) is 3.72. The smallest absolute Gasteiger partial charge is 0.246 e. The molecule has 3 aliphatic heterocycles. The number of hydrogen-bond donors (Lipinski definition) is 2. The summed E-state index contributed by atoms with van der Waals surface area (Å²) in [5.74, 6) is 0.131. The van der Waals surface area contributed by atoms with Gasteiger partial charge in [-0.25, -0.2) is 0 Å². The molecule has 0 bridgehead atoms. The summed E-state index contributed by atoms with van der Waals surface area (Å²) in [6.45, 7) is 5.37. The minimum absolute atomic E-state index is 0.0391. The van der Waals surface area contributed by atoms with Gasteiger partial charge in [0.25, 0.3) is 0 Å². The molecule has 2 atom stereocenters. The number of aromatic nitrogens is 1. The summed E-state index contributed by atoms with van der Waals surface area (Å²) in [4.78, 5) is 39.2. The fourth-order valence-corrected chi connectivity index (χ4v) is 8.14. The average molecular weight is 618 g/mol. The summed E-state index contributed by atoms with van der Waals surface area (Å²) in [6, 6.07) is 29.0. The molecule has 3 saturated heterocycles. The van der Waals surface area contributed by atoms with E-state index in [0.29, 0.717) is 19.3 Å². The second-order valence-corrected chi connectivity index (χ2v) is 13.6. The van der Waals surface area contributed by atoms with Crippen molar-refractivity contribution in [3.05, 3.63) is 108 Å². The number of fused-ring (bicyclic) bond motifs is 1. The highest BCUT2D eigenvalue weighted by atomic mass is 16.2. The topological polar surface area (TPSA) is 71.7 Å². The molecule has 2 unspecified atom stereocenters. The molecule has 7 nitrogen and oxygen atoms in total. The van der Waals surface area contributed by atoms with E-state index < -0.39 is 11.6 Å². The SMILES string of the molecule is O=C1C(Cc2c[nH]c3ccccc23)NC(=O)C2(CCN(CCCCCc3ccccc3)CC2)N1C1CCN(Cc2ccccc2)C1.